The van der Waals surface area contributed by atoms with Crippen molar-refractivity contribution in [1.82, 2.24) is 20.2 Å². The van der Waals surface area contributed by atoms with Crippen molar-refractivity contribution in [2.24, 2.45) is 5.92 Å². The molecule has 4 rings (SSSR count). The Morgan fingerprint density at radius 2 is 1.83 bits per heavy atom. The van der Waals surface area contributed by atoms with Crippen LogP contribution < -0.4 is 9.64 Å². The standard InChI is InChI=1S/C23H23F4N5O3/c1-31(17-10-9-16(21(33)35-3)20(17)13-4-6-14(24)7-5-13)18-12-15(8-11-19(18)34-2)32-22(23(25,26)27)28-29-30-32/h4-8,11-12,16-17,20H,9-10H2,1-3H3. The predicted molar refractivity (Wildman–Crippen MR) is 117 cm³/mol. The maximum atomic E-state index is 13.6. The van der Waals surface area contributed by atoms with E-state index in [-0.39, 0.29) is 23.6 Å². The molecule has 3 aromatic rings. The maximum Gasteiger partial charge on any atom is 0.453 e. The lowest BCUT2D eigenvalue weighted by molar-refractivity contribution is -0.147. The highest BCUT2D eigenvalue weighted by atomic mass is 19.4. The van der Waals surface area contributed by atoms with E-state index in [9.17, 15) is 22.4 Å². The van der Waals surface area contributed by atoms with E-state index < -0.39 is 23.7 Å². The Bertz CT molecular complexity index is 1200. The molecule has 0 radical (unpaired) electrons. The van der Waals surface area contributed by atoms with E-state index in [1.807, 2.05) is 4.90 Å². The number of aromatic nitrogens is 4. The van der Waals surface area contributed by atoms with Gasteiger partial charge in [0.25, 0.3) is 5.82 Å². The van der Waals surface area contributed by atoms with Gasteiger partial charge in [0.1, 0.15) is 11.6 Å². The quantitative estimate of drug-likeness (QED) is 0.379. The van der Waals surface area contributed by atoms with E-state index in [4.69, 9.17) is 9.47 Å². The summed E-state index contributed by atoms with van der Waals surface area (Å²) in [4.78, 5) is 14.4. The number of carbonyl (C=O) groups excluding carboxylic acids is 1. The van der Waals surface area contributed by atoms with Crippen LogP contribution in [0.3, 0.4) is 0 Å². The third-order valence-corrected chi connectivity index (χ3v) is 6.39. The number of benzene rings is 2. The highest BCUT2D eigenvalue weighted by molar-refractivity contribution is 5.75. The molecule has 0 aliphatic heterocycles. The largest absolute Gasteiger partial charge is 0.495 e. The molecule has 0 bridgehead atoms. The number of ether oxygens (including phenoxy) is 2. The van der Waals surface area contributed by atoms with Crippen molar-refractivity contribution < 1.29 is 31.8 Å². The number of tetrazole rings is 1. The molecule has 0 amide bonds. The van der Waals surface area contributed by atoms with Crippen LogP contribution >= 0.6 is 0 Å². The van der Waals surface area contributed by atoms with E-state index >= 15 is 0 Å². The van der Waals surface area contributed by atoms with Crippen LogP contribution in [0.2, 0.25) is 0 Å². The summed E-state index contributed by atoms with van der Waals surface area (Å²) in [7, 11) is 4.54. The molecule has 0 spiro atoms. The zero-order valence-electron chi connectivity index (χ0n) is 19.2. The number of esters is 1. The van der Waals surface area contributed by atoms with Gasteiger partial charge in [-0.1, -0.05) is 12.1 Å². The van der Waals surface area contributed by atoms with Crippen LogP contribution in [0.1, 0.15) is 30.1 Å². The smallest absolute Gasteiger partial charge is 0.453 e. The van der Waals surface area contributed by atoms with Gasteiger partial charge in [0, 0.05) is 19.0 Å². The molecule has 2 aromatic carbocycles. The Kier molecular flexibility index (Phi) is 6.64. The molecule has 12 heteroatoms. The number of nitrogens with zero attached hydrogens (tertiary/aromatic N) is 5. The van der Waals surface area contributed by atoms with Crippen molar-refractivity contribution in [2.75, 3.05) is 26.2 Å². The highest BCUT2D eigenvalue weighted by Gasteiger charge is 2.44. The predicted octanol–water partition coefficient (Wildman–Crippen LogP) is 4.00. The van der Waals surface area contributed by atoms with Crippen LogP contribution in [0.5, 0.6) is 5.75 Å². The number of hydrogen-bond acceptors (Lipinski definition) is 7. The summed E-state index contributed by atoms with van der Waals surface area (Å²) in [5, 5.41) is 9.78. The van der Waals surface area contributed by atoms with Crippen molar-refractivity contribution >= 4 is 11.7 Å². The lowest BCUT2D eigenvalue weighted by Crippen LogP contribution is -2.36. The summed E-state index contributed by atoms with van der Waals surface area (Å²) in [6.07, 6.45) is -3.64. The van der Waals surface area contributed by atoms with Gasteiger partial charge in [-0.15, -0.1) is 5.10 Å². The van der Waals surface area contributed by atoms with E-state index in [0.717, 1.165) is 5.56 Å². The molecule has 8 nitrogen and oxygen atoms in total. The van der Waals surface area contributed by atoms with Gasteiger partial charge >= 0.3 is 12.1 Å². The molecule has 1 saturated carbocycles. The van der Waals surface area contributed by atoms with E-state index in [2.05, 4.69) is 15.5 Å². The third-order valence-electron chi connectivity index (χ3n) is 6.39. The van der Waals surface area contributed by atoms with Gasteiger partial charge in [0.15, 0.2) is 0 Å². The van der Waals surface area contributed by atoms with Crippen molar-refractivity contribution in [3.8, 4) is 11.4 Å². The van der Waals surface area contributed by atoms with Crippen LogP contribution in [-0.4, -0.2) is 53.5 Å². The maximum absolute atomic E-state index is 13.6. The monoisotopic (exact) mass is 493 g/mol. The van der Waals surface area contributed by atoms with E-state index in [1.54, 1.807) is 19.2 Å². The molecule has 1 fully saturated rings. The molecular weight excluding hydrogens is 470 g/mol. The Morgan fingerprint density at radius 1 is 1.11 bits per heavy atom. The number of alkyl halides is 3. The van der Waals surface area contributed by atoms with Crippen LogP contribution in [-0.2, 0) is 15.7 Å². The zero-order chi connectivity index (χ0) is 25.3. The highest BCUT2D eigenvalue weighted by Crippen LogP contribution is 2.45. The van der Waals surface area contributed by atoms with Gasteiger partial charge in [-0.25, -0.2) is 4.39 Å². The second-order valence-electron chi connectivity index (χ2n) is 8.23. The van der Waals surface area contributed by atoms with Gasteiger partial charge < -0.3 is 14.4 Å². The van der Waals surface area contributed by atoms with Crippen molar-refractivity contribution in [3.63, 3.8) is 0 Å². The fourth-order valence-electron chi connectivity index (χ4n) is 4.77. The number of carbonyl (C=O) groups is 1. The summed E-state index contributed by atoms with van der Waals surface area (Å²) in [6.45, 7) is 0. The molecule has 3 unspecified atom stereocenters. The third kappa shape index (κ3) is 4.64. The van der Waals surface area contributed by atoms with Gasteiger partial charge in [-0.3, -0.25) is 4.79 Å². The summed E-state index contributed by atoms with van der Waals surface area (Å²) in [5.41, 5.74) is 1.33. The van der Waals surface area contributed by atoms with E-state index in [1.165, 1.54) is 44.6 Å². The second-order valence-corrected chi connectivity index (χ2v) is 8.23. The van der Waals surface area contributed by atoms with Gasteiger partial charge in [0.05, 0.1) is 31.5 Å². The average molecular weight is 493 g/mol. The summed E-state index contributed by atoms with van der Waals surface area (Å²) >= 11 is 0. The first-order valence-corrected chi connectivity index (χ1v) is 10.8. The Morgan fingerprint density at radius 3 is 2.46 bits per heavy atom. The van der Waals surface area contributed by atoms with E-state index in [0.29, 0.717) is 29.0 Å². The number of methoxy groups -OCH3 is 2. The van der Waals surface area contributed by atoms with Gasteiger partial charge in [-0.05, 0) is 59.2 Å². The lowest BCUT2D eigenvalue weighted by Gasteiger charge is -2.34. The van der Waals surface area contributed by atoms with Crippen molar-refractivity contribution in [1.29, 1.82) is 0 Å². The fraction of sp³-hybridized carbons (Fsp3) is 0.391. The topological polar surface area (TPSA) is 82.4 Å². The first-order valence-electron chi connectivity index (χ1n) is 10.8. The zero-order valence-corrected chi connectivity index (χ0v) is 19.2. The number of anilines is 1. The normalized spacial score (nSPS) is 20.0. The molecule has 1 heterocycles. The molecule has 35 heavy (non-hydrogen) atoms. The fourth-order valence-corrected chi connectivity index (χ4v) is 4.77. The number of rotatable bonds is 6. The second kappa shape index (κ2) is 9.51. The lowest BCUT2D eigenvalue weighted by atomic mass is 9.86. The van der Waals surface area contributed by atoms with Crippen LogP contribution in [0.25, 0.3) is 5.69 Å². The first-order chi connectivity index (χ1) is 16.7. The molecule has 1 aliphatic rings. The summed E-state index contributed by atoms with van der Waals surface area (Å²) < 4.78 is 64.8. The SMILES string of the molecule is COC(=O)C1CCC(N(C)c2cc(-n3nnnc3C(F)(F)F)ccc2OC)C1c1ccc(F)cc1. The molecule has 0 N–H and O–H groups in total. The Hall–Kier alpha value is -3.70. The van der Waals surface area contributed by atoms with Gasteiger partial charge in [-0.2, -0.15) is 17.9 Å². The van der Waals surface area contributed by atoms with Crippen LogP contribution in [0, 0.1) is 11.7 Å². The van der Waals surface area contributed by atoms with Crippen LogP contribution in [0.15, 0.2) is 42.5 Å². The Labute approximate surface area is 198 Å². The molecule has 1 aromatic heterocycles. The average Bonchev–Trinajstić information content (AvgIpc) is 3.51. The molecule has 186 valence electrons. The number of halogens is 4. The van der Waals surface area contributed by atoms with Crippen molar-refractivity contribution in [2.45, 2.75) is 31.0 Å². The molecule has 1 aliphatic carbocycles. The molecule has 0 saturated heterocycles. The summed E-state index contributed by atoms with van der Waals surface area (Å²) in [5.74, 6) is -2.44. The van der Waals surface area contributed by atoms with Crippen molar-refractivity contribution in [3.05, 3.63) is 59.7 Å². The van der Waals surface area contributed by atoms with Gasteiger partial charge in [0.2, 0.25) is 0 Å². The minimum atomic E-state index is -4.75. The first kappa shape index (κ1) is 24.4. The Balaban J connectivity index is 1.76. The molecule has 3 atom stereocenters. The minimum absolute atomic E-state index is 0.0887. The number of likely N-dealkylation sites (N-methyl/N-ethyl adjacent to an activating group) is 1. The molecular formula is C23H23F4N5O3. The summed E-state index contributed by atoms with van der Waals surface area (Å²) in [6, 6.07) is 10.1. The number of hydrogen-bond donors (Lipinski definition) is 0. The minimum Gasteiger partial charge on any atom is -0.495 e. The van der Waals surface area contributed by atoms with Crippen LogP contribution in [0.4, 0.5) is 23.2 Å².